The van der Waals surface area contributed by atoms with Crippen molar-refractivity contribution in [3.63, 3.8) is 0 Å². The summed E-state index contributed by atoms with van der Waals surface area (Å²) in [5.41, 5.74) is 2.27. The summed E-state index contributed by atoms with van der Waals surface area (Å²) in [5, 5.41) is 9.00. The third kappa shape index (κ3) is 5.43. The Bertz CT molecular complexity index is 1330. The van der Waals surface area contributed by atoms with Crippen LogP contribution in [0.3, 0.4) is 0 Å². The van der Waals surface area contributed by atoms with Crippen LogP contribution in [0.1, 0.15) is 40.5 Å². The monoisotopic (exact) mass is 473 g/mol. The Hall–Kier alpha value is -4.33. The standard InChI is InChI=1S/C27H27N3O5/c1-16(2)24(27(33)28-3)30-26(32)22-12-11-21(34-22)18-9-6-7-17(13-18)15-29-25(31)23-14-19-8-4-5-10-20(19)35-23/h4-14,16,24H,15H2,1-3H3,(H,28,33)(H,29,31)(H,30,32). The molecule has 4 aromatic rings. The van der Waals surface area contributed by atoms with Crippen molar-refractivity contribution in [3.05, 3.63) is 83.8 Å². The number of nitrogens with one attached hydrogen (secondary N) is 3. The molecule has 0 aliphatic carbocycles. The van der Waals surface area contributed by atoms with Crippen LogP contribution in [0.5, 0.6) is 0 Å². The minimum atomic E-state index is -0.667. The molecule has 0 fully saturated rings. The molecule has 3 amide bonds. The average molecular weight is 474 g/mol. The summed E-state index contributed by atoms with van der Waals surface area (Å²) in [7, 11) is 1.53. The molecule has 8 nitrogen and oxygen atoms in total. The Balaban J connectivity index is 1.42. The summed E-state index contributed by atoms with van der Waals surface area (Å²) < 4.78 is 11.4. The van der Waals surface area contributed by atoms with E-state index < -0.39 is 11.9 Å². The van der Waals surface area contributed by atoms with Crippen LogP contribution in [-0.4, -0.2) is 30.8 Å². The Labute approximate surface area is 202 Å². The van der Waals surface area contributed by atoms with Crippen molar-refractivity contribution in [2.45, 2.75) is 26.4 Å². The van der Waals surface area contributed by atoms with E-state index in [1.807, 2.05) is 62.4 Å². The van der Waals surface area contributed by atoms with Crippen LogP contribution in [0.2, 0.25) is 0 Å². The Morgan fingerprint density at radius 2 is 1.66 bits per heavy atom. The fourth-order valence-corrected chi connectivity index (χ4v) is 3.72. The van der Waals surface area contributed by atoms with E-state index in [-0.39, 0.29) is 29.3 Å². The second kappa shape index (κ2) is 10.3. The predicted octanol–water partition coefficient (Wildman–Crippen LogP) is 4.12. The maximum Gasteiger partial charge on any atom is 0.287 e. The summed E-state index contributed by atoms with van der Waals surface area (Å²) in [5.74, 6) is -0.259. The Kier molecular flexibility index (Phi) is 7.01. The van der Waals surface area contributed by atoms with Crippen LogP contribution in [0, 0.1) is 5.92 Å². The van der Waals surface area contributed by atoms with Crippen molar-refractivity contribution in [1.29, 1.82) is 0 Å². The van der Waals surface area contributed by atoms with Gasteiger partial charge >= 0.3 is 0 Å². The van der Waals surface area contributed by atoms with E-state index in [1.54, 1.807) is 18.2 Å². The second-order valence-electron chi connectivity index (χ2n) is 8.50. The molecule has 0 aliphatic rings. The van der Waals surface area contributed by atoms with E-state index in [4.69, 9.17) is 8.83 Å². The molecule has 8 heteroatoms. The van der Waals surface area contributed by atoms with E-state index in [2.05, 4.69) is 16.0 Å². The van der Waals surface area contributed by atoms with Crippen LogP contribution >= 0.6 is 0 Å². The number of carbonyl (C=O) groups excluding carboxylic acids is 3. The molecule has 1 unspecified atom stereocenters. The van der Waals surface area contributed by atoms with Crippen molar-refractivity contribution in [2.75, 3.05) is 7.05 Å². The third-order valence-corrected chi connectivity index (χ3v) is 5.63. The smallest absolute Gasteiger partial charge is 0.287 e. The van der Waals surface area contributed by atoms with Crippen LogP contribution in [-0.2, 0) is 11.3 Å². The summed E-state index contributed by atoms with van der Waals surface area (Å²) >= 11 is 0. The Morgan fingerprint density at radius 1 is 0.857 bits per heavy atom. The number of para-hydroxylation sites is 1. The van der Waals surface area contributed by atoms with E-state index in [0.717, 1.165) is 16.5 Å². The highest BCUT2D eigenvalue weighted by molar-refractivity contribution is 5.96. The first-order valence-corrected chi connectivity index (χ1v) is 11.3. The molecule has 35 heavy (non-hydrogen) atoms. The predicted molar refractivity (Wildman–Crippen MR) is 132 cm³/mol. The van der Waals surface area contributed by atoms with Gasteiger partial charge in [0, 0.05) is 24.5 Å². The third-order valence-electron chi connectivity index (χ3n) is 5.63. The van der Waals surface area contributed by atoms with E-state index in [9.17, 15) is 14.4 Å². The van der Waals surface area contributed by atoms with Gasteiger partial charge in [-0.05, 0) is 41.8 Å². The number of carbonyl (C=O) groups is 3. The van der Waals surface area contributed by atoms with Crippen molar-refractivity contribution in [2.24, 2.45) is 5.92 Å². The minimum absolute atomic E-state index is 0.0835. The molecule has 4 rings (SSSR count). The van der Waals surface area contributed by atoms with Crippen LogP contribution in [0.15, 0.2) is 75.6 Å². The quantitative estimate of drug-likeness (QED) is 0.356. The van der Waals surface area contributed by atoms with Crippen molar-refractivity contribution in [1.82, 2.24) is 16.0 Å². The molecule has 0 saturated carbocycles. The molecular formula is C27H27N3O5. The lowest BCUT2D eigenvalue weighted by atomic mass is 10.0. The minimum Gasteiger partial charge on any atom is -0.451 e. The number of likely N-dealkylation sites (N-methyl/N-ethyl adjacent to an activating group) is 1. The van der Waals surface area contributed by atoms with Gasteiger partial charge in [-0.15, -0.1) is 0 Å². The zero-order valence-electron chi connectivity index (χ0n) is 19.8. The lowest BCUT2D eigenvalue weighted by Crippen LogP contribution is -2.48. The fraction of sp³-hybridized carbons (Fsp3) is 0.222. The highest BCUT2D eigenvalue weighted by Crippen LogP contribution is 2.24. The first-order chi connectivity index (χ1) is 16.9. The summed E-state index contributed by atoms with van der Waals surface area (Å²) in [6.45, 7) is 4.00. The molecule has 0 bridgehead atoms. The van der Waals surface area contributed by atoms with Gasteiger partial charge in [0.05, 0.1) is 0 Å². The van der Waals surface area contributed by atoms with Gasteiger partial charge < -0.3 is 24.8 Å². The molecule has 2 heterocycles. The maximum absolute atomic E-state index is 12.6. The molecule has 1 atom stereocenters. The topological polar surface area (TPSA) is 114 Å². The van der Waals surface area contributed by atoms with Crippen molar-refractivity contribution >= 4 is 28.7 Å². The van der Waals surface area contributed by atoms with E-state index in [1.165, 1.54) is 7.05 Å². The fourth-order valence-electron chi connectivity index (χ4n) is 3.72. The number of hydrogen-bond donors (Lipinski definition) is 3. The highest BCUT2D eigenvalue weighted by Gasteiger charge is 2.25. The molecule has 0 radical (unpaired) electrons. The number of benzene rings is 2. The molecule has 0 aliphatic heterocycles. The van der Waals surface area contributed by atoms with Gasteiger partial charge in [0.1, 0.15) is 17.4 Å². The molecule has 2 aromatic carbocycles. The molecular weight excluding hydrogens is 446 g/mol. The van der Waals surface area contributed by atoms with E-state index in [0.29, 0.717) is 17.9 Å². The molecule has 2 aromatic heterocycles. The normalized spacial score (nSPS) is 11.9. The number of rotatable bonds is 8. The summed E-state index contributed by atoms with van der Waals surface area (Å²) in [6, 6.07) is 19.2. The van der Waals surface area contributed by atoms with Crippen LogP contribution in [0.25, 0.3) is 22.3 Å². The largest absolute Gasteiger partial charge is 0.451 e. The number of hydrogen-bond acceptors (Lipinski definition) is 5. The van der Waals surface area contributed by atoms with Crippen LogP contribution < -0.4 is 16.0 Å². The lowest BCUT2D eigenvalue weighted by molar-refractivity contribution is -0.123. The van der Waals surface area contributed by atoms with Gasteiger partial charge in [-0.25, -0.2) is 0 Å². The lowest BCUT2D eigenvalue weighted by Gasteiger charge is -2.19. The maximum atomic E-state index is 12.6. The number of amides is 3. The average Bonchev–Trinajstić information content (AvgIpc) is 3.53. The van der Waals surface area contributed by atoms with Crippen LogP contribution in [0.4, 0.5) is 0 Å². The van der Waals surface area contributed by atoms with Gasteiger partial charge in [-0.1, -0.05) is 50.2 Å². The SMILES string of the molecule is CNC(=O)C(NC(=O)c1ccc(-c2cccc(CNC(=O)c3cc4ccccc4o3)c2)o1)C(C)C. The van der Waals surface area contributed by atoms with Gasteiger partial charge in [0.2, 0.25) is 5.91 Å². The molecule has 3 N–H and O–H groups in total. The zero-order valence-corrected chi connectivity index (χ0v) is 19.8. The number of fused-ring (bicyclic) bond motifs is 1. The second-order valence-corrected chi connectivity index (χ2v) is 8.50. The Morgan fingerprint density at radius 3 is 2.40 bits per heavy atom. The van der Waals surface area contributed by atoms with E-state index >= 15 is 0 Å². The summed E-state index contributed by atoms with van der Waals surface area (Å²) in [6.07, 6.45) is 0. The first kappa shape index (κ1) is 23.8. The van der Waals surface area contributed by atoms with Crippen molar-refractivity contribution < 1.29 is 23.2 Å². The molecule has 0 saturated heterocycles. The highest BCUT2D eigenvalue weighted by atomic mass is 16.4. The summed E-state index contributed by atoms with van der Waals surface area (Å²) in [4.78, 5) is 37.2. The molecule has 0 spiro atoms. The van der Waals surface area contributed by atoms with Gasteiger partial charge in [-0.3, -0.25) is 14.4 Å². The zero-order chi connectivity index (χ0) is 24.9. The molecule has 180 valence electrons. The van der Waals surface area contributed by atoms with Crippen molar-refractivity contribution in [3.8, 4) is 11.3 Å². The van der Waals surface area contributed by atoms with Gasteiger partial charge in [-0.2, -0.15) is 0 Å². The van der Waals surface area contributed by atoms with Gasteiger partial charge in [0.15, 0.2) is 11.5 Å². The first-order valence-electron chi connectivity index (χ1n) is 11.3. The van der Waals surface area contributed by atoms with Gasteiger partial charge in [0.25, 0.3) is 11.8 Å². The number of furan rings is 2.